The molecule has 0 spiro atoms. The fraction of sp³-hybridized carbons (Fsp3) is 1.00. The largest absolute Gasteiger partial charge is 0.380 e. The van der Waals surface area contributed by atoms with Crippen molar-refractivity contribution >= 4 is 11.8 Å². The van der Waals surface area contributed by atoms with Crippen LogP contribution in [0.1, 0.15) is 0 Å². The maximum atomic E-state index is 5.21. The molecule has 2 unspecified atom stereocenters. The van der Waals surface area contributed by atoms with Gasteiger partial charge in [-0.3, -0.25) is 0 Å². The lowest BCUT2D eigenvalue weighted by molar-refractivity contribution is 0.191. The molecule has 0 aromatic heterocycles. The molecule has 0 bridgehead atoms. The number of ether oxygens (including phenoxy) is 1. The monoisotopic (exact) mass is 116 g/mol. The Labute approximate surface area is 47.4 Å². The van der Waals surface area contributed by atoms with Crippen LogP contribution in [-0.2, 0) is 4.74 Å². The molecule has 2 atom stereocenters. The van der Waals surface area contributed by atoms with E-state index >= 15 is 0 Å². The van der Waals surface area contributed by atoms with Crippen LogP contribution in [0.15, 0.2) is 0 Å². The lowest BCUT2D eigenvalue weighted by atomic mass is 10.1. The Bertz CT molecular complexity index is 74.1. The molecule has 0 saturated carbocycles. The number of hydrogen-bond donors (Lipinski definition) is 0. The Morgan fingerprint density at radius 3 is 2.71 bits per heavy atom. The van der Waals surface area contributed by atoms with Crippen molar-refractivity contribution in [2.24, 2.45) is 5.92 Å². The molecule has 40 valence electrons. The van der Waals surface area contributed by atoms with Crippen LogP contribution in [0.25, 0.3) is 0 Å². The molecule has 2 rings (SSSR count). The summed E-state index contributed by atoms with van der Waals surface area (Å²) >= 11 is 2.05. The predicted octanol–water partition coefficient (Wildman–Crippen LogP) is 0.748. The average molecular weight is 116 g/mol. The number of rotatable bonds is 0. The summed E-state index contributed by atoms with van der Waals surface area (Å²) in [6.45, 7) is 2.06. The predicted molar refractivity (Wildman–Crippen MR) is 30.6 cm³/mol. The van der Waals surface area contributed by atoms with Gasteiger partial charge >= 0.3 is 0 Å². The van der Waals surface area contributed by atoms with Gasteiger partial charge < -0.3 is 4.74 Å². The highest BCUT2D eigenvalue weighted by atomic mass is 32.2. The van der Waals surface area contributed by atoms with Crippen LogP contribution in [-0.4, -0.2) is 24.2 Å². The van der Waals surface area contributed by atoms with Crippen molar-refractivity contribution in [3.63, 3.8) is 0 Å². The Kier molecular flexibility index (Phi) is 0.837. The Hall–Kier alpha value is 0.310. The molecular formula is C5H8OS. The summed E-state index contributed by atoms with van der Waals surface area (Å²) < 4.78 is 5.21. The van der Waals surface area contributed by atoms with E-state index < -0.39 is 0 Å². The van der Waals surface area contributed by atoms with E-state index in [9.17, 15) is 0 Å². The first-order valence-corrected chi connectivity index (χ1v) is 3.71. The summed E-state index contributed by atoms with van der Waals surface area (Å²) in [7, 11) is 0. The van der Waals surface area contributed by atoms with Crippen molar-refractivity contribution in [3.05, 3.63) is 0 Å². The summed E-state index contributed by atoms with van der Waals surface area (Å²) in [5.74, 6) is 2.29. The maximum absolute atomic E-state index is 5.21. The fourth-order valence-corrected chi connectivity index (χ4v) is 2.15. The van der Waals surface area contributed by atoms with Crippen LogP contribution in [0, 0.1) is 5.92 Å². The van der Waals surface area contributed by atoms with Crippen molar-refractivity contribution in [1.82, 2.24) is 0 Å². The number of hydrogen-bond acceptors (Lipinski definition) is 2. The van der Waals surface area contributed by atoms with Crippen molar-refractivity contribution in [3.8, 4) is 0 Å². The molecule has 0 amide bonds. The zero-order valence-corrected chi connectivity index (χ0v) is 4.91. The van der Waals surface area contributed by atoms with E-state index in [1.165, 1.54) is 5.75 Å². The van der Waals surface area contributed by atoms with Gasteiger partial charge in [-0.05, 0) is 5.75 Å². The third-order valence-corrected chi connectivity index (χ3v) is 3.23. The van der Waals surface area contributed by atoms with Crippen LogP contribution in [0.2, 0.25) is 0 Å². The zero-order valence-electron chi connectivity index (χ0n) is 4.09. The topological polar surface area (TPSA) is 9.23 Å². The highest BCUT2D eigenvalue weighted by Crippen LogP contribution is 2.38. The quantitative estimate of drug-likeness (QED) is 0.462. The van der Waals surface area contributed by atoms with Crippen molar-refractivity contribution in [1.29, 1.82) is 0 Å². The van der Waals surface area contributed by atoms with Gasteiger partial charge in [0, 0.05) is 11.2 Å². The van der Waals surface area contributed by atoms with Crippen molar-refractivity contribution < 1.29 is 4.74 Å². The average Bonchev–Trinajstić information content (AvgIpc) is 1.85. The highest BCUT2D eigenvalue weighted by Gasteiger charge is 2.36. The third-order valence-electron chi connectivity index (χ3n) is 1.66. The van der Waals surface area contributed by atoms with E-state index in [1.807, 2.05) is 0 Å². The lowest BCUT2D eigenvalue weighted by Gasteiger charge is -2.26. The van der Waals surface area contributed by atoms with Gasteiger partial charge in [0.05, 0.1) is 13.2 Å². The second kappa shape index (κ2) is 1.39. The summed E-state index contributed by atoms with van der Waals surface area (Å²) in [5, 5.41) is 0.889. The minimum absolute atomic E-state index is 0.889. The van der Waals surface area contributed by atoms with Crippen molar-refractivity contribution in [2.75, 3.05) is 19.0 Å². The number of fused-ring (bicyclic) bond motifs is 1. The molecule has 0 aromatic carbocycles. The summed E-state index contributed by atoms with van der Waals surface area (Å²) in [6.07, 6.45) is 0. The molecular weight excluding hydrogens is 108 g/mol. The van der Waals surface area contributed by atoms with Crippen LogP contribution in [0.5, 0.6) is 0 Å². The molecule has 2 aliphatic rings. The van der Waals surface area contributed by atoms with Crippen LogP contribution in [0.4, 0.5) is 0 Å². The van der Waals surface area contributed by atoms with E-state index in [0.29, 0.717) is 0 Å². The fourth-order valence-electron chi connectivity index (χ4n) is 1.04. The summed E-state index contributed by atoms with van der Waals surface area (Å²) in [5.41, 5.74) is 0. The molecule has 2 aliphatic heterocycles. The van der Waals surface area contributed by atoms with Crippen LogP contribution >= 0.6 is 11.8 Å². The SMILES string of the molecule is C1OCC2SCC12. The normalized spacial score (nSPS) is 48.0. The first-order chi connectivity index (χ1) is 3.47. The van der Waals surface area contributed by atoms with Gasteiger partial charge in [-0.25, -0.2) is 0 Å². The second-order valence-corrected chi connectivity index (χ2v) is 3.44. The van der Waals surface area contributed by atoms with Gasteiger partial charge in [0.1, 0.15) is 0 Å². The molecule has 7 heavy (non-hydrogen) atoms. The Balaban J connectivity index is 2.03. The smallest absolute Gasteiger partial charge is 0.0589 e. The molecule has 0 aromatic rings. The molecule has 2 heterocycles. The first kappa shape index (κ1) is 4.21. The molecule has 1 nitrogen and oxygen atoms in total. The van der Waals surface area contributed by atoms with Gasteiger partial charge in [0.25, 0.3) is 0 Å². The van der Waals surface area contributed by atoms with Crippen LogP contribution in [0.3, 0.4) is 0 Å². The molecule has 2 heteroatoms. The second-order valence-electron chi connectivity index (χ2n) is 2.17. The molecule has 0 radical (unpaired) electrons. The van der Waals surface area contributed by atoms with Gasteiger partial charge in [-0.1, -0.05) is 0 Å². The number of thioether (sulfide) groups is 1. The van der Waals surface area contributed by atoms with Crippen LogP contribution < -0.4 is 0 Å². The Morgan fingerprint density at radius 2 is 2.43 bits per heavy atom. The van der Waals surface area contributed by atoms with Gasteiger partial charge in [0.15, 0.2) is 0 Å². The molecule has 2 fully saturated rings. The third kappa shape index (κ3) is 0.500. The summed E-state index contributed by atoms with van der Waals surface area (Å²) in [4.78, 5) is 0. The van der Waals surface area contributed by atoms with E-state index in [2.05, 4.69) is 11.8 Å². The van der Waals surface area contributed by atoms with E-state index in [4.69, 9.17) is 4.74 Å². The maximum Gasteiger partial charge on any atom is 0.0589 e. The van der Waals surface area contributed by atoms with Crippen molar-refractivity contribution in [2.45, 2.75) is 5.25 Å². The Morgan fingerprint density at radius 1 is 1.43 bits per heavy atom. The molecule has 0 N–H and O–H groups in total. The minimum atomic E-state index is 0.889. The molecule has 0 aliphatic carbocycles. The van der Waals surface area contributed by atoms with Gasteiger partial charge in [-0.2, -0.15) is 11.8 Å². The molecule has 2 saturated heterocycles. The first-order valence-electron chi connectivity index (χ1n) is 2.66. The highest BCUT2D eigenvalue weighted by molar-refractivity contribution is 8.01. The van der Waals surface area contributed by atoms with E-state index in [1.54, 1.807) is 0 Å². The summed E-state index contributed by atoms with van der Waals surface area (Å²) in [6, 6.07) is 0. The zero-order chi connectivity index (χ0) is 4.69. The van der Waals surface area contributed by atoms with E-state index in [-0.39, 0.29) is 0 Å². The lowest BCUT2D eigenvalue weighted by Crippen LogP contribution is -2.28. The minimum Gasteiger partial charge on any atom is -0.380 e. The van der Waals surface area contributed by atoms with E-state index in [0.717, 1.165) is 24.4 Å². The standard InChI is InChI=1S/C5H8OS/c1-4-3-7-5(4)2-6-1/h4-5H,1-3H2. The van der Waals surface area contributed by atoms with Gasteiger partial charge in [-0.15, -0.1) is 0 Å². The van der Waals surface area contributed by atoms with Gasteiger partial charge in [0.2, 0.25) is 0 Å².